The first kappa shape index (κ1) is 26.6. The van der Waals surface area contributed by atoms with Crippen LogP contribution in [0.15, 0.2) is 0 Å². The van der Waals surface area contributed by atoms with Crippen LogP contribution in [0.25, 0.3) is 0 Å². The average molecular weight is 318 g/mol. The second-order valence-electron chi connectivity index (χ2n) is 3.81. The quantitative estimate of drug-likeness (QED) is 0.394. The molecule has 1 atom stereocenters. The van der Waals surface area contributed by atoms with Gasteiger partial charge in [0.1, 0.15) is 0 Å². The van der Waals surface area contributed by atoms with Crippen molar-refractivity contribution in [2.75, 3.05) is 32.3 Å². The van der Waals surface area contributed by atoms with E-state index in [0.717, 1.165) is 0 Å². The molecule has 0 aromatic heterocycles. The molecule has 0 unspecified atom stereocenters. The Balaban J connectivity index is -0.000000853. The fourth-order valence-corrected chi connectivity index (χ4v) is 2.19. The number of piperazine rings is 1. The van der Waals surface area contributed by atoms with E-state index in [1.165, 1.54) is 0 Å². The van der Waals surface area contributed by atoms with Crippen LogP contribution in [-0.4, -0.2) is 49.3 Å². The van der Waals surface area contributed by atoms with Gasteiger partial charge in [-0.3, -0.25) is 4.90 Å². The van der Waals surface area contributed by atoms with E-state index in [0.29, 0.717) is 19.6 Å². The number of hydrogen-bond donors (Lipinski definition) is 1. The number of carbonyl (C=O) groups is 1. The Hall–Kier alpha value is 2.70. The molecule has 1 rings (SSSR count). The number of rotatable bonds is 5. The van der Waals surface area contributed by atoms with Crippen molar-refractivity contribution >= 4 is 13.9 Å². The number of aliphatic carboxylic acids is 1. The van der Waals surface area contributed by atoms with Crippen molar-refractivity contribution in [2.24, 2.45) is 0 Å². The van der Waals surface area contributed by atoms with Crippen LogP contribution in [0.2, 0.25) is 0 Å². The molecule has 0 spiro atoms. The van der Waals surface area contributed by atoms with Crippen LogP contribution in [0.4, 0.5) is 0 Å². The van der Waals surface area contributed by atoms with E-state index in [1.807, 2.05) is 4.90 Å². The van der Waals surface area contributed by atoms with Crippen molar-refractivity contribution in [2.45, 2.75) is 12.5 Å². The van der Waals surface area contributed by atoms with Gasteiger partial charge in [-0.1, -0.05) is 0 Å². The van der Waals surface area contributed by atoms with Gasteiger partial charge in [-0.25, -0.2) is 0 Å². The van der Waals surface area contributed by atoms with Crippen molar-refractivity contribution in [1.82, 2.24) is 10.2 Å². The molecular weight excluding hydrogens is 304 g/mol. The van der Waals surface area contributed by atoms with Crippen molar-refractivity contribution in [3.05, 3.63) is 0 Å². The number of carboxylic acid groups (broad SMARTS) is 1. The molecule has 1 aliphatic rings. The fraction of sp³-hybridized carbons (Fsp3) is 0.875. The summed E-state index contributed by atoms with van der Waals surface area (Å²) < 4.78 is 0. The summed E-state index contributed by atoms with van der Waals surface area (Å²) in [5.74, 6) is -1.16. The topological polar surface area (TPSA) is 125 Å². The SMILES string of the molecule is O=C([O-])[C@@H]1CN(CCC[P+]([O-])([O-])[O-])CCN1.[Na+].[Na+].[Na+]. The van der Waals surface area contributed by atoms with Crippen LogP contribution in [0.1, 0.15) is 6.42 Å². The Kier molecular flexibility index (Phi) is 18.4. The zero-order valence-corrected chi connectivity index (χ0v) is 18.7. The Labute approximate surface area is 180 Å². The monoisotopic (exact) mass is 318 g/mol. The molecule has 0 aromatic carbocycles. The summed E-state index contributed by atoms with van der Waals surface area (Å²) in [4.78, 5) is 43.5. The molecule has 19 heavy (non-hydrogen) atoms. The number of hydrogen-bond acceptors (Lipinski definition) is 7. The van der Waals surface area contributed by atoms with Gasteiger partial charge in [-0.2, -0.15) is 7.94 Å². The normalized spacial score (nSPS) is 19.6. The van der Waals surface area contributed by atoms with Crippen molar-refractivity contribution < 1.29 is 113 Å². The third-order valence-electron chi connectivity index (χ3n) is 2.45. The van der Waals surface area contributed by atoms with Crippen molar-refractivity contribution in [3.63, 3.8) is 0 Å². The predicted molar refractivity (Wildman–Crippen MR) is 49.6 cm³/mol. The molecular formula is C8H14N2Na3O5P. The van der Waals surface area contributed by atoms with Crippen LogP contribution in [0, 0.1) is 0 Å². The molecule has 7 nitrogen and oxygen atoms in total. The number of nitrogens with zero attached hydrogens (tertiary/aromatic N) is 1. The van der Waals surface area contributed by atoms with E-state index in [4.69, 9.17) is 0 Å². The van der Waals surface area contributed by atoms with Crippen LogP contribution in [0.5, 0.6) is 0 Å². The maximum absolute atomic E-state index is 10.6. The Morgan fingerprint density at radius 1 is 1.26 bits per heavy atom. The van der Waals surface area contributed by atoms with Crippen LogP contribution in [-0.2, 0) is 4.79 Å². The van der Waals surface area contributed by atoms with Gasteiger partial charge in [-0.15, -0.1) is 0 Å². The number of carboxylic acids is 1. The molecule has 0 saturated carbocycles. The zero-order valence-electron chi connectivity index (χ0n) is 11.8. The molecule has 0 aromatic rings. The fourth-order valence-electron chi connectivity index (χ4n) is 1.66. The van der Waals surface area contributed by atoms with Gasteiger partial charge in [0.25, 0.3) is 0 Å². The molecule has 0 aliphatic carbocycles. The van der Waals surface area contributed by atoms with E-state index in [2.05, 4.69) is 5.32 Å². The van der Waals surface area contributed by atoms with E-state index in [9.17, 15) is 24.6 Å². The van der Waals surface area contributed by atoms with Gasteiger partial charge in [0.05, 0.1) is 12.0 Å². The first-order valence-corrected chi connectivity index (χ1v) is 6.79. The Morgan fingerprint density at radius 2 is 1.84 bits per heavy atom. The standard InChI is InChI=1S/C8H17N2O5P.3Na/c11-8(12)7-6-10(4-2-9-7)3-1-5-16(13,14)15;;;/h7,9H,1-6H2,(H,11,12)(H2,13,14,15);;;/q;3*+1/p-3/t7-;;;/m0.../s1. The van der Waals surface area contributed by atoms with Gasteiger partial charge >= 0.3 is 88.7 Å². The minimum atomic E-state index is -4.44. The number of nitrogens with one attached hydrogen (secondary N) is 1. The smallest absolute Gasteiger partial charge is 0.688 e. The summed E-state index contributed by atoms with van der Waals surface area (Å²) in [6.45, 7) is 1.86. The summed E-state index contributed by atoms with van der Waals surface area (Å²) >= 11 is 0. The molecule has 0 bridgehead atoms. The first-order valence-electron chi connectivity index (χ1n) is 5.06. The minimum Gasteiger partial charge on any atom is -0.688 e. The predicted octanol–water partition coefficient (Wildman–Crippen LogP) is -13.7. The summed E-state index contributed by atoms with van der Waals surface area (Å²) in [5.41, 5.74) is 0. The van der Waals surface area contributed by atoms with Crippen LogP contribution < -0.4 is 114 Å². The van der Waals surface area contributed by atoms with Crippen LogP contribution in [0.3, 0.4) is 0 Å². The number of carbonyl (C=O) groups excluding carboxylic acids is 1. The molecule has 1 fully saturated rings. The van der Waals surface area contributed by atoms with Crippen molar-refractivity contribution in [3.8, 4) is 0 Å². The molecule has 1 aliphatic heterocycles. The first-order chi connectivity index (χ1) is 7.38. The third kappa shape index (κ3) is 12.9. The Bertz CT molecular complexity index is 257. The third-order valence-corrected chi connectivity index (χ3v) is 3.31. The molecule has 0 amide bonds. The van der Waals surface area contributed by atoms with E-state index < -0.39 is 20.0 Å². The molecule has 1 saturated heterocycles. The van der Waals surface area contributed by atoms with E-state index in [1.54, 1.807) is 0 Å². The minimum absolute atomic E-state index is 0. The largest absolute Gasteiger partial charge is 1.00 e. The molecule has 1 heterocycles. The van der Waals surface area contributed by atoms with Crippen molar-refractivity contribution in [1.29, 1.82) is 0 Å². The van der Waals surface area contributed by atoms with E-state index in [-0.39, 0.29) is 108 Å². The Morgan fingerprint density at radius 3 is 2.32 bits per heavy atom. The summed E-state index contributed by atoms with van der Waals surface area (Å²) in [7, 11) is -4.44. The molecule has 1 N–H and O–H groups in total. The van der Waals surface area contributed by atoms with Gasteiger partial charge < -0.3 is 29.9 Å². The van der Waals surface area contributed by atoms with Gasteiger partial charge in [0, 0.05) is 32.3 Å². The maximum atomic E-state index is 10.6. The summed E-state index contributed by atoms with van der Waals surface area (Å²) in [6.07, 6.45) is -0.142. The van der Waals surface area contributed by atoms with Gasteiger partial charge in [0.15, 0.2) is 0 Å². The molecule has 0 radical (unpaired) electrons. The van der Waals surface area contributed by atoms with Gasteiger partial charge in [-0.05, 0) is 6.42 Å². The molecule has 11 heteroatoms. The molecule has 94 valence electrons. The second-order valence-corrected chi connectivity index (χ2v) is 5.48. The maximum Gasteiger partial charge on any atom is 1.00 e. The van der Waals surface area contributed by atoms with Crippen LogP contribution >= 0.6 is 7.94 Å². The van der Waals surface area contributed by atoms with E-state index >= 15 is 0 Å². The summed E-state index contributed by atoms with van der Waals surface area (Å²) in [5, 5.41) is 13.4. The van der Waals surface area contributed by atoms with Gasteiger partial charge in [0.2, 0.25) is 0 Å². The summed E-state index contributed by atoms with van der Waals surface area (Å²) in [6, 6.07) is -0.722. The average Bonchev–Trinajstić information content (AvgIpc) is 2.16. The zero-order chi connectivity index (χ0) is 12.2. The second kappa shape index (κ2) is 13.2.